The number of carbonyl (C=O) groups excluding carboxylic acids is 1. The van der Waals surface area contributed by atoms with E-state index in [2.05, 4.69) is 20.8 Å². The van der Waals surface area contributed by atoms with Gasteiger partial charge in [0.25, 0.3) is 5.91 Å². The Hall–Kier alpha value is -1.59. The molecule has 1 aliphatic heterocycles. The van der Waals surface area contributed by atoms with E-state index >= 15 is 0 Å². The summed E-state index contributed by atoms with van der Waals surface area (Å²) in [6.07, 6.45) is 0. The van der Waals surface area contributed by atoms with E-state index < -0.39 is 5.82 Å². The predicted molar refractivity (Wildman–Crippen MR) is 93.7 cm³/mol. The number of halogens is 3. The Labute approximate surface area is 147 Å². The van der Waals surface area contributed by atoms with Crippen LogP contribution in [0.4, 0.5) is 10.1 Å². The second-order valence-corrected chi connectivity index (χ2v) is 6.62. The summed E-state index contributed by atoms with van der Waals surface area (Å²) in [5.74, 6) is -0.568. The first-order chi connectivity index (χ1) is 11.1. The van der Waals surface area contributed by atoms with Crippen molar-refractivity contribution in [2.75, 3.05) is 31.1 Å². The quantitative estimate of drug-likeness (QED) is 0.758. The zero-order valence-electron chi connectivity index (χ0n) is 12.3. The van der Waals surface area contributed by atoms with Gasteiger partial charge in [0.05, 0.1) is 16.3 Å². The van der Waals surface area contributed by atoms with Crippen LogP contribution < -0.4 is 4.90 Å². The van der Waals surface area contributed by atoms with E-state index in [0.29, 0.717) is 41.2 Å². The van der Waals surface area contributed by atoms with Gasteiger partial charge in [0, 0.05) is 30.7 Å². The highest BCUT2D eigenvalue weighted by molar-refractivity contribution is 9.10. The molecule has 0 radical (unpaired) electrons. The summed E-state index contributed by atoms with van der Waals surface area (Å²) in [5.41, 5.74) is 1.34. The van der Waals surface area contributed by atoms with Gasteiger partial charge in [-0.2, -0.15) is 0 Å². The van der Waals surface area contributed by atoms with Crippen LogP contribution in [0.5, 0.6) is 0 Å². The summed E-state index contributed by atoms with van der Waals surface area (Å²) < 4.78 is 14.0. The van der Waals surface area contributed by atoms with E-state index in [1.807, 2.05) is 24.3 Å². The first kappa shape index (κ1) is 16.3. The van der Waals surface area contributed by atoms with E-state index in [-0.39, 0.29) is 5.91 Å². The smallest absolute Gasteiger partial charge is 0.255 e. The summed E-state index contributed by atoms with van der Waals surface area (Å²) in [7, 11) is 0. The Morgan fingerprint density at radius 3 is 2.48 bits per heavy atom. The van der Waals surface area contributed by atoms with Crippen LogP contribution in [0, 0.1) is 5.82 Å². The summed E-state index contributed by atoms with van der Waals surface area (Å²) >= 11 is 9.53. The summed E-state index contributed by atoms with van der Waals surface area (Å²) in [4.78, 5) is 16.5. The SMILES string of the molecule is O=C(c1cc(F)ccc1Br)N1CCN(c2ccccc2Cl)CC1. The molecule has 0 aliphatic carbocycles. The predicted octanol–water partition coefficient (Wildman–Crippen LogP) is 4.20. The number of hydrogen-bond acceptors (Lipinski definition) is 2. The molecule has 3 rings (SSSR count). The molecule has 0 aromatic heterocycles. The minimum Gasteiger partial charge on any atom is -0.367 e. The average molecular weight is 398 g/mol. The fourth-order valence-electron chi connectivity index (χ4n) is 2.69. The van der Waals surface area contributed by atoms with E-state index in [1.54, 1.807) is 11.0 Å². The first-order valence-electron chi connectivity index (χ1n) is 7.30. The number of rotatable bonds is 2. The minimum absolute atomic E-state index is 0.157. The van der Waals surface area contributed by atoms with Crippen LogP contribution in [-0.2, 0) is 0 Å². The molecule has 2 aromatic rings. The molecular weight excluding hydrogens is 383 g/mol. The van der Waals surface area contributed by atoms with Crippen LogP contribution in [-0.4, -0.2) is 37.0 Å². The van der Waals surface area contributed by atoms with Crippen molar-refractivity contribution in [2.24, 2.45) is 0 Å². The van der Waals surface area contributed by atoms with Crippen LogP contribution in [0.1, 0.15) is 10.4 Å². The average Bonchev–Trinajstić information content (AvgIpc) is 2.57. The van der Waals surface area contributed by atoms with Crippen molar-refractivity contribution < 1.29 is 9.18 Å². The van der Waals surface area contributed by atoms with Crippen molar-refractivity contribution in [1.82, 2.24) is 4.90 Å². The molecule has 120 valence electrons. The number of piperazine rings is 1. The normalized spacial score (nSPS) is 14.9. The number of carbonyl (C=O) groups is 1. The lowest BCUT2D eigenvalue weighted by Crippen LogP contribution is -2.49. The number of para-hydroxylation sites is 1. The van der Waals surface area contributed by atoms with Crippen molar-refractivity contribution in [3.63, 3.8) is 0 Å². The van der Waals surface area contributed by atoms with Crippen molar-refractivity contribution in [1.29, 1.82) is 0 Å². The van der Waals surface area contributed by atoms with Gasteiger partial charge in [0.15, 0.2) is 0 Å². The summed E-state index contributed by atoms with van der Waals surface area (Å²) in [6, 6.07) is 11.8. The second-order valence-electron chi connectivity index (χ2n) is 5.35. The van der Waals surface area contributed by atoms with Crippen molar-refractivity contribution in [3.05, 3.63) is 63.3 Å². The van der Waals surface area contributed by atoms with E-state index in [9.17, 15) is 9.18 Å². The fraction of sp³-hybridized carbons (Fsp3) is 0.235. The Morgan fingerprint density at radius 2 is 1.78 bits per heavy atom. The number of amides is 1. The molecule has 6 heteroatoms. The number of anilines is 1. The van der Waals surface area contributed by atoms with Crippen LogP contribution in [0.3, 0.4) is 0 Å². The highest BCUT2D eigenvalue weighted by Gasteiger charge is 2.24. The molecule has 23 heavy (non-hydrogen) atoms. The molecule has 0 unspecified atom stereocenters. The van der Waals surface area contributed by atoms with Crippen LogP contribution in [0.25, 0.3) is 0 Å². The minimum atomic E-state index is -0.411. The van der Waals surface area contributed by atoms with E-state index in [4.69, 9.17) is 11.6 Å². The molecule has 1 aliphatic rings. The lowest BCUT2D eigenvalue weighted by atomic mass is 10.1. The molecule has 0 bridgehead atoms. The first-order valence-corrected chi connectivity index (χ1v) is 8.47. The fourth-order valence-corrected chi connectivity index (χ4v) is 3.36. The maximum Gasteiger partial charge on any atom is 0.255 e. The topological polar surface area (TPSA) is 23.6 Å². The number of hydrogen-bond donors (Lipinski definition) is 0. The standard InChI is InChI=1S/C17H15BrClFN2O/c18-14-6-5-12(20)11-13(14)17(23)22-9-7-21(8-10-22)16-4-2-1-3-15(16)19/h1-6,11H,7-10H2. The number of nitrogens with zero attached hydrogens (tertiary/aromatic N) is 2. The lowest BCUT2D eigenvalue weighted by molar-refractivity contribution is 0.0745. The molecule has 0 spiro atoms. The molecule has 3 nitrogen and oxygen atoms in total. The third kappa shape index (κ3) is 3.51. The molecular formula is C17H15BrClFN2O. The molecule has 1 heterocycles. The lowest BCUT2D eigenvalue weighted by Gasteiger charge is -2.36. The van der Waals surface area contributed by atoms with Crippen LogP contribution >= 0.6 is 27.5 Å². The van der Waals surface area contributed by atoms with E-state index in [0.717, 1.165) is 5.69 Å². The van der Waals surface area contributed by atoms with Crippen molar-refractivity contribution >= 4 is 39.1 Å². The van der Waals surface area contributed by atoms with Gasteiger partial charge in [0.1, 0.15) is 5.82 Å². The van der Waals surface area contributed by atoms with Gasteiger partial charge in [0.2, 0.25) is 0 Å². The highest BCUT2D eigenvalue weighted by Crippen LogP contribution is 2.27. The highest BCUT2D eigenvalue weighted by atomic mass is 79.9. The Balaban J connectivity index is 1.70. The zero-order valence-corrected chi connectivity index (χ0v) is 14.6. The Bertz CT molecular complexity index is 732. The maximum atomic E-state index is 13.4. The van der Waals surface area contributed by atoms with Crippen molar-refractivity contribution in [2.45, 2.75) is 0 Å². The molecule has 2 aromatic carbocycles. The molecule has 0 saturated carbocycles. The Morgan fingerprint density at radius 1 is 1.09 bits per heavy atom. The molecule has 1 saturated heterocycles. The van der Waals surface area contributed by atoms with Crippen LogP contribution in [0.15, 0.2) is 46.9 Å². The maximum absolute atomic E-state index is 13.4. The van der Waals surface area contributed by atoms with Gasteiger partial charge in [-0.1, -0.05) is 23.7 Å². The van der Waals surface area contributed by atoms with Gasteiger partial charge in [-0.3, -0.25) is 4.79 Å². The summed E-state index contributed by atoms with van der Waals surface area (Å²) in [5, 5.41) is 0.708. The van der Waals surface area contributed by atoms with Crippen molar-refractivity contribution in [3.8, 4) is 0 Å². The van der Waals surface area contributed by atoms with Gasteiger partial charge in [-0.15, -0.1) is 0 Å². The second kappa shape index (κ2) is 6.89. The third-order valence-electron chi connectivity index (χ3n) is 3.92. The van der Waals surface area contributed by atoms with Gasteiger partial charge < -0.3 is 9.80 Å². The molecule has 1 amide bonds. The Kier molecular flexibility index (Phi) is 4.87. The van der Waals surface area contributed by atoms with E-state index in [1.165, 1.54) is 12.1 Å². The van der Waals surface area contributed by atoms with Gasteiger partial charge in [-0.25, -0.2) is 4.39 Å². The summed E-state index contributed by atoms with van der Waals surface area (Å²) in [6.45, 7) is 2.55. The zero-order chi connectivity index (χ0) is 16.4. The molecule has 1 fully saturated rings. The number of benzene rings is 2. The molecule has 0 atom stereocenters. The van der Waals surface area contributed by atoms with Gasteiger partial charge in [-0.05, 0) is 46.3 Å². The monoisotopic (exact) mass is 396 g/mol. The third-order valence-corrected chi connectivity index (χ3v) is 4.93. The molecule has 0 N–H and O–H groups in total. The van der Waals surface area contributed by atoms with Gasteiger partial charge >= 0.3 is 0 Å². The van der Waals surface area contributed by atoms with Crippen LogP contribution in [0.2, 0.25) is 5.02 Å². The largest absolute Gasteiger partial charge is 0.367 e.